The van der Waals surface area contributed by atoms with Crippen molar-refractivity contribution >= 4 is 33.5 Å². The molecule has 1 unspecified atom stereocenters. The maximum atomic E-state index is 12.1. The Hall–Kier alpha value is -1.87. The number of hydrogen-bond acceptors (Lipinski definition) is 2. The lowest BCUT2D eigenvalue weighted by Gasteiger charge is -2.15. The van der Waals surface area contributed by atoms with Crippen molar-refractivity contribution in [1.29, 1.82) is 0 Å². The van der Waals surface area contributed by atoms with Crippen molar-refractivity contribution in [2.45, 2.75) is 13.8 Å². The second kappa shape index (κ2) is 7.95. The standard InChI is InChI=1S/C19H19BrO2/c1-3-22-19(21)14(2)18(16-7-5-4-6-8-16)13-15-9-11-17(20)12-10-15/h4-14H,3H2,1-2H3. The number of carbonyl (C=O) groups is 1. The van der Waals surface area contributed by atoms with Crippen molar-refractivity contribution in [2.24, 2.45) is 5.92 Å². The first-order chi connectivity index (χ1) is 10.6. The first kappa shape index (κ1) is 16.5. The van der Waals surface area contributed by atoms with E-state index in [1.165, 1.54) is 0 Å². The lowest BCUT2D eigenvalue weighted by atomic mass is 9.92. The van der Waals surface area contributed by atoms with Crippen LogP contribution >= 0.6 is 15.9 Å². The van der Waals surface area contributed by atoms with Gasteiger partial charge in [0.05, 0.1) is 12.5 Å². The van der Waals surface area contributed by atoms with Gasteiger partial charge in [-0.25, -0.2) is 0 Å². The second-order valence-electron chi connectivity index (χ2n) is 4.99. The quantitative estimate of drug-likeness (QED) is 0.543. The highest BCUT2D eigenvalue weighted by Gasteiger charge is 2.20. The summed E-state index contributed by atoms with van der Waals surface area (Å²) in [4.78, 5) is 12.1. The van der Waals surface area contributed by atoms with Gasteiger partial charge in [-0.05, 0) is 42.7 Å². The van der Waals surface area contributed by atoms with E-state index in [0.29, 0.717) is 6.61 Å². The minimum atomic E-state index is -0.314. The molecule has 0 aromatic heterocycles. The molecule has 0 aliphatic rings. The molecule has 0 saturated heterocycles. The lowest BCUT2D eigenvalue weighted by molar-refractivity contribution is -0.145. The van der Waals surface area contributed by atoms with Gasteiger partial charge < -0.3 is 4.74 Å². The van der Waals surface area contributed by atoms with Gasteiger partial charge in [-0.3, -0.25) is 4.79 Å². The molecule has 3 heteroatoms. The maximum absolute atomic E-state index is 12.1. The van der Waals surface area contributed by atoms with Crippen LogP contribution in [0.3, 0.4) is 0 Å². The number of ether oxygens (including phenoxy) is 1. The van der Waals surface area contributed by atoms with Crippen LogP contribution in [0.15, 0.2) is 59.1 Å². The fraction of sp³-hybridized carbons (Fsp3) is 0.211. The largest absolute Gasteiger partial charge is 0.466 e. The minimum Gasteiger partial charge on any atom is -0.466 e. The van der Waals surface area contributed by atoms with Crippen LogP contribution in [0.4, 0.5) is 0 Å². The van der Waals surface area contributed by atoms with Gasteiger partial charge in [-0.1, -0.05) is 64.5 Å². The molecule has 0 spiro atoms. The lowest BCUT2D eigenvalue weighted by Crippen LogP contribution is -2.16. The molecule has 2 aromatic carbocycles. The Kier molecular flexibility index (Phi) is 5.96. The highest BCUT2D eigenvalue weighted by molar-refractivity contribution is 9.10. The van der Waals surface area contributed by atoms with Crippen molar-refractivity contribution < 1.29 is 9.53 Å². The smallest absolute Gasteiger partial charge is 0.313 e. The van der Waals surface area contributed by atoms with Crippen molar-refractivity contribution in [3.63, 3.8) is 0 Å². The molecule has 2 aromatic rings. The van der Waals surface area contributed by atoms with Crippen LogP contribution < -0.4 is 0 Å². The maximum Gasteiger partial charge on any atom is 0.313 e. The number of esters is 1. The van der Waals surface area contributed by atoms with Crippen LogP contribution in [-0.2, 0) is 9.53 Å². The molecular weight excluding hydrogens is 340 g/mol. The Labute approximate surface area is 139 Å². The first-order valence-electron chi connectivity index (χ1n) is 7.31. The zero-order valence-electron chi connectivity index (χ0n) is 12.8. The summed E-state index contributed by atoms with van der Waals surface area (Å²) in [5.41, 5.74) is 3.05. The van der Waals surface area contributed by atoms with E-state index in [4.69, 9.17) is 4.74 Å². The van der Waals surface area contributed by atoms with Gasteiger partial charge in [-0.15, -0.1) is 0 Å². The Morgan fingerprint density at radius 3 is 2.36 bits per heavy atom. The monoisotopic (exact) mass is 358 g/mol. The van der Waals surface area contributed by atoms with E-state index in [-0.39, 0.29) is 11.9 Å². The van der Waals surface area contributed by atoms with E-state index >= 15 is 0 Å². The zero-order valence-corrected chi connectivity index (χ0v) is 14.3. The van der Waals surface area contributed by atoms with Gasteiger partial charge in [0, 0.05) is 4.47 Å². The molecule has 0 amide bonds. The summed E-state index contributed by atoms with van der Waals surface area (Å²) in [5, 5.41) is 0. The van der Waals surface area contributed by atoms with Crippen molar-refractivity contribution in [3.05, 3.63) is 70.2 Å². The van der Waals surface area contributed by atoms with Gasteiger partial charge in [0.25, 0.3) is 0 Å². The number of halogens is 1. The molecule has 0 radical (unpaired) electrons. The molecule has 2 rings (SSSR count). The predicted molar refractivity (Wildman–Crippen MR) is 94.3 cm³/mol. The van der Waals surface area contributed by atoms with E-state index in [1.54, 1.807) is 0 Å². The van der Waals surface area contributed by atoms with Gasteiger partial charge in [-0.2, -0.15) is 0 Å². The van der Waals surface area contributed by atoms with Gasteiger partial charge in [0.1, 0.15) is 0 Å². The summed E-state index contributed by atoms with van der Waals surface area (Å²) in [6.07, 6.45) is 2.04. The summed E-state index contributed by atoms with van der Waals surface area (Å²) >= 11 is 3.43. The van der Waals surface area contributed by atoms with E-state index < -0.39 is 0 Å². The summed E-state index contributed by atoms with van der Waals surface area (Å²) < 4.78 is 6.21. The molecule has 114 valence electrons. The van der Waals surface area contributed by atoms with Crippen LogP contribution in [0, 0.1) is 5.92 Å². The highest BCUT2D eigenvalue weighted by atomic mass is 79.9. The first-order valence-corrected chi connectivity index (χ1v) is 8.10. The summed E-state index contributed by atoms with van der Waals surface area (Å²) in [7, 11) is 0. The van der Waals surface area contributed by atoms with E-state index in [1.807, 2.05) is 74.5 Å². The topological polar surface area (TPSA) is 26.3 Å². The zero-order chi connectivity index (χ0) is 15.9. The predicted octanol–water partition coefficient (Wildman–Crippen LogP) is 5.19. The summed E-state index contributed by atoms with van der Waals surface area (Å²) in [6.45, 7) is 4.10. The van der Waals surface area contributed by atoms with E-state index in [0.717, 1.165) is 21.2 Å². The molecule has 0 bridgehead atoms. The van der Waals surface area contributed by atoms with Crippen LogP contribution in [0.25, 0.3) is 11.6 Å². The Morgan fingerprint density at radius 2 is 1.77 bits per heavy atom. The van der Waals surface area contributed by atoms with Crippen molar-refractivity contribution in [2.75, 3.05) is 6.61 Å². The molecule has 2 nitrogen and oxygen atoms in total. The third-order valence-electron chi connectivity index (χ3n) is 3.41. The number of carbonyl (C=O) groups excluding carboxylic acids is 1. The Balaban J connectivity index is 2.41. The van der Waals surface area contributed by atoms with Crippen LogP contribution in [0.2, 0.25) is 0 Å². The molecule has 0 N–H and O–H groups in total. The highest BCUT2D eigenvalue weighted by Crippen LogP contribution is 2.27. The summed E-state index contributed by atoms with van der Waals surface area (Å²) in [5.74, 6) is -0.513. The molecule has 0 fully saturated rings. The fourth-order valence-corrected chi connectivity index (χ4v) is 2.49. The normalized spacial score (nSPS) is 12.8. The van der Waals surface area contributed by atoms with Crippen LogP contribution in [0.1, 0.15) is 25.0 Å². The molecule has 0 aliphatic carbocycles. The van der Waals surface area contributed by atoms with Crippen LogP contribution in [-0.4, -0.2) is 12.6 Å². The Bertz CT molecular complexity index is 645. The molecule has 1 atom stereocenters. The fourth-order valence-electron chi connectivity index (χ4n) is 2.22. The average Bonchev–Trinajstić information content (AvgIpc) is 2.55. The van der Waals surface area contributed by atoms with E-state index in [9.17, 15) is 4.79 Å². The third-order valence-corrected chi connectivity index (χ3v) is 3.93. The molecule has 0 aliphatic heterocycles. The number of benzene rings is 2. The SMILES string of the molecule is CCOC(=O)C(C)C(=Cc1ccc(Br)cc1)c1ccccc1. The third kappa shape index (κ3) is 4.31. The molecular formula is C19H19BrO2. The minimum absolute atomic E-state index is 0.199. The molecule has 0 heterocycles. The molecule has 0 saturated carbocycles. The number of hydrogen-bond donors (Lipinski definition) is 0. The van der Waals surface area contributed by atoms with E-state index in [2.05, 4.69) is 15.9 Å². The Morgan fingerprint density at radius 1 is 1.14 bits per heavy atom. The average molecular weight is 359 g/mol. The van der Waals surface area contributed by atoms with Crippen LogP contribution in [0.5, 0.6) is 0 Å². The molecule has 22 heavy (non-hydrogen) atoms. The summed E-state index contributed by atoms with van der Waals surface area (Å²) in [6, 6.07) is 18.0. The van der Waals surface area contributed by atoms with Gasteiger partial charge in [0.2, 0.25) is 0 Å². The second-order valence-corrected chi connectivity index (χ2v) is 5.91. The number of rotatable bonds is 5. The van der Waals surface area contributed by atoms with Gasteiger partial charge >= 0.3 is 5.97 Å². The van der Waals surface area contributed by atoms with Crippen molar-refractivity contribution in [3.8, 4) is 0 Å². The van der Waals surface area contributed by atoms with Gasteiger partial charge in [0.15, 0.2) is 0 Å². The van der Waals surface area contributed by atoms with Crippen molar-refractivity contribution in [1.82, 2.24) is 0 Å².